The molecule has 0 bridgehead atoms. The molecule has 0 aromatic heterocycles. The largest absolute Gasteiger partial charge is 0.573 e. The van der Waals surface area contributed by atoms with Crippen molar-refractivity contribution >= 4 is 5.97 Å². The maximum atomic E-state index is 12.4. The second-order valence-corrected chi connectivity index (χ2v) is 3.76. The second-order valence-electron chi connectivity index (χ2n) is 3.76. The Bertz CT molecular complexity index is 564. The summed E-state index contributed by atoms with van der Waals surface area (Å²) in [6.07, 6.45) is -5.47. The van der Waals surface area contributed by atoms with Gasteiger partial charge in [-0.2, -0.15) is 5.26 Å². The van der Waals surface area contributed by atoms with Crippen molar-refractivity contribution in [3.63, 3.8) is 0 Å². The molecule has 0 saturated heterocycles. The van der Waals surface area contributed by atoms with Gasteiger partial charge in [-0.15, -0.1) is 13.2 Å². The van der Waals surface area contributed by atoms with Gasteiger partial charge in [0.2, 0.25) is 0 Å². The van der Waals surface area contributed by atoms with Gasteiger partial charge in [-0.05, 0) is 19.1 Å². The number of carbonyl (C=O) groups is 1. The summed E-state index contributed by atoms with van der Waals surface area (Å²) >= 11 is 0. The van der Waals surface area contributed by atoms with Gasteiger partial charge in [-0.25, -0.2) is 0 Å². The number of hydrogen-bond acceptors (Lipinski definition) is 5. The van der Waals surface area contributed by atoms with E-state index in [4.69, 9.17) is 10.00 Å². The molecule has 0 spiro atoms. The third-order valence-electron chi connectivity index (χ3n) is 2.42. The van der Waals surface area contributed by atoms with E-state index in [2.05, 4.69) is 9.47 Å². The number of alkyl halides is 3. The van der Waals surface area contributed by atoms with Gasteiger partial charge in [-0.1, -0.05) is 0 Å². The lowest BCUT2D eigenvalue weighted by atomic mass is 10.0. The fourth-order valence-corrected chi connectivity index (χ4v) is 1.65. The molecule has 1 rings (SSSR count). The number of esters is 1. The van der Waals surface area contributed by atoms with Crippen LogP contribution in [0.1, 0.15) is 18.1 Å². The molecule has 0 unspecified atom stereocenters. The first kappa shape index (κ1) is 16.6. The maximum absolute atomic E-state index is 12.4. The molecule has 1 aromatic carbocycles. The van der Waals surface area contributed by atoms with Crippen molar-refractivity contribution in [2.24, 2.45) is 0 Å². The van der Waals surface area contributed by atoms with Gasteiger partial charge in [-0.3, -0.25) is 4.79 Å². The Balaban J connectivity index is 3.30. The van der Waals surface area contributed by atoms with E-state index in [0.29, 0.717) is 0 Å². The minimum absolute atomic E-state index is 0.0475. The van der Waals surface area contributed by atoms with Crippen molar-refractivity contribution in [1.29, 1.82) is 5.26 Å². The number of carbonyl (C=O) groups excluding carboxylic acids is 1. The van der Waals surface area contributed by atoms with Crippen LogP contribution in [0.25, 0.3) is 0 Å². The zero-order valence-electron chi connectivity index (χ0n) is 11.3. The van der Waals surface area contributed by atoms with Crippen molar-refractivity contribution in [3.8, 4) is 17.6 Å². The Morgan fingerprint density at radius 1 is 1.33 bits per heavy atom. The predicted octanol–water partition coefficient (Wildman–Crippen LogP) is 2.57. The first-order valence-corrected chi connectivity index (χ1v) is 5.83. The van der Waals surface area contributed by atoms with E-state index in [9.17, 15) is 18.0 Å². The normalized spacial score (nSPS) is 10.7. The predicted molar refractivity (Wildman–Crippen MR) is 64.7 cm³/mol. The molecule has 0 radical (unpaired) electrons. The molecule has 114 valence electrons. The summed E-state index contributed by atoms with van der Waals surface area (Å²) in [5.41, 5.74) is -0.431. The Hall–Kier alpha value is -2.43. The molecule has 0 fully saturated rings. The highest BCUT2D eigenvalue weighted by molar-refractivity contribution is 5.75. The van der Waals surface area contributed by atoms with Crippen LogP contribution in [0.15, 0.2) is 12.1 Å². The molecule has 0 aliphatic rings. The summed E-state index contributed by atoms with van der Waals surface area (Å²) in [4.78, 5) is 11.5. The van der Waals surface area contributed by atoms with Crippen LogP contribution < -0.4 is 9.47 Å². The van der Waals surface area contributed by atoms with Crippen molar-refractivity contribution in [1.82, 2.24) is 0 Å². The van der Waals surface area contributed by atoms with E-state index in [0.717, 1.165) is 12.1 Å². The quantitative estimate of drug-likeness (QED) is 0.782. The van der Waals surface area contributed by atoms with E-state index >= 15 is 0 Å². The molecule has 8 heteroatoms. The Morgan fingerprint density at radius 3 is 2.43 bits per heavy atom. The fourth-order valence-electron chi connectivity index (χ4n) is 1.65. The molecular formula is C13H12F3NO4. The maximum Gasteiger partial charge on any atom is 0.573 e. The van der Waals surface area contributed by atoms with Crippen LogP contribution in [-0.2, 0) is 16.0 Å². The summed E-state index contributed by atoms with van der Waals surface area (Å²) in [5, 5.41) is 9.08. The fraction of sp³-hybridized carbons (Fsp3) is 0.385. The molecule has 21 heavy (non-hydrogen) atoms. The molecule has 0 atom stereocenters. The van der Waals surface area contributed by atoms with Crippen LogP contribution in [0, 0.1) is 11.3 Å². The number of halogens is 3. The molecular weight excluding hydrogens is 291 g/mol. The van der Waals surface area contributed by atoms with Crippen molar-refractivity contribution in [2.45, 2.75) is 19.7 Å². The number of rotatable bonds is 5. The van der Waals surface area contributed by atoms with Crippen molar-refractivity contribution in [3.05, 3.63) is 23.3 Å². The lowest BCUT2D eigenvalue weighted by molar-refractivity contribution is -0.275. The Labute approximate surface area is 118 Å². The Morgan fingerprint density at radius 2 is 1.95 bits per heavy atom. The number of methoxy groups -OCH3 is 1. The second kappa shape index (κ2) is 6.83. The first-order chi connectivity index (χ1) is 9.82. The summed E-state index contributed by atoms with van der Waals surface area (Å²) in [6, 6.07) is 3.86. The SMILES string of the molecule is CCOC(=O)Cc1c(OC(F)(F)F)ccc(OC)c1C#N. The summed E-state index contributed by atoms with van der Waals surface area (Å²) in [6.45, 7) is 1.63. The van der Waals surface area contributed by atoms with E-state index in [1.54, 1.807) is 13.0 Å². The average Bonchev–Trinajstić information content (AvgIpc) is 2.39. The zero-order valence-corrected chi connectivity index (χ0v) is 11.3. The van der Waals surface area contributed by atoms with Crippen LogP contribution in [0.4, 0.5) is 13.2 Å². The van der Waals surface area contributed by atoms with Gasteiger partial charge in [0.1, 0.15) is 23.1 Å². The topological polar surface area (TPSA) is 68.6 Å². The smallest absolute Gasteiger partial charge is 0.495 e. The highest BCUT2D eigenvalue weighted by atomic mass is 19.4. The van der Waals surface area contributed by atoms with Crippen molar-refractivity contribution < 1.29 is 32.2 Å². The highest BCUT2D eigenvalue weighted by Gasteiger charge is 2.33. The zero-order chi connectivity index (χ0) is 16.0. The molecule has 0 saturated carbocycles. The first-order valence-electron chi connectivity index (χ1n) is 5.83. The lowest BCUT2D eigenvalue weighted by Crippen LogP contribution is -2.20. The van der Waals surface area contributed by atoms with Crippen LogP contribution >= 0.6 is 0 Å². The van der Waals surface area contributed by atoms with Crippen LogP contribution in [0.2, 0.25) is 0 Å². The standard InChI is InChI=1S/C13H12F3NO4/c1-3-20-12(18)6-8-9(7-17)10(19-2)4-5-11(8)21-13(14,15)16/h4-5H,3,6H2,1-2H3. The molecule has 1 aromatic rings. The molecule has 0 heterocycles. The van der Waals surface area contributed by atoms with E-state index < -0.39 is 24.5 Å². The van der Waals surface area contributed by atoms with E-state index in [1.807, 2.05) is 0 Å². The molecule has 0 aliphatic heterocycles. The van der Waals surface area contributed by atoms with Gasteiger partial charge in [0.05, 0.1) is 20.1 Å². The summed E-state index contributed by atoms with van der Waals surface area (Å²) in [5.74, 6) is -1.35. The monoisotopic (exact) mass is 303 g/mol. The van der Waals surface area contributed by atoms with Crippen LogP contribution in [0.3, 0.4) is 0 Å². The highest BCUT2D eigenvalue weighted by Crippen LogP contribution is 2.33. The van der Waals surface area contributed by atoms with Gasteiger partial charge in [0.25, 0.3) is 0 Å². The summed E-state index contributed by atoms with van der Waals surface area (Å²) < 4.78 is 50.5. The molecule has 0 N–H and O–H groups in total. The minimum Gasteiger partial charge on any atom is -0.495 e. The van der Waals surface area contributed by atoms with Gasteiger partial charge in [0.15, 0.2) is 0 Å². The van der Waals surface area contributed by atoms with E-state index in [-0.39, 0.29) is 23.5 Å². The third kappa shape index (κ3) is 4.56. The van der Waals surface area contributed by atoms with Gasteiger partial charge >= 0.3 is 12.3 Å². The number of ether oxygens (including phenoxy) is 3. The number of hydrogen-bond donors (Lipinski definition) is 0. The van der Waals surface area contributed by atoms with Gasteiger partial charge in [0, 0.05) is 5.56 Å². The average molecular weight is 303 g/mol. The molecule has 0 amide bonds. The van der Waals surface area contributed by atoms with Gasteiger partial charge < -0.3 is 14.2 Å². The third-order valence-corrected chi connectivity index (χ3v) is 2.42. The summed E-state index contributed by atoms with van der Waals surface area (Å²) in [7, 11) is 1.26. The number of nitrogens with zero attached hydrogens (tertiary/aromatic N) is 1. The molecule has 0 aliphatic carbocycles. The number of benzene rings is 1. The number of nitriles is 1. The molecule has 5 nitrogen and oxygen atoms in total. The minimum atomic E-state index is -4.94. The lowest BCUT2D eigenvalue weighted by Gasteiger charge is -2.15. The van der Waals surface area contributed by atoms with Crippen LogP contribution in [-0.4, -0.2) is 26.0 Å². The van der Waals surface area contributed by atoms with E-state index in [1.165, 1.54) is 7.11 Å². The van der Waals surface area contributed by atoms with Crippen molar-refractivity contribution in [2.75, 3.05) is 13.7 Å². The Kier molecular flexibility index (Phi) is 5.41. The van der Waals surface area contributed by atoms with Crippen LogP contribution in [0.5, 0.6) is 11.5 Å².